The first-order valence-electron chi connectivity index (χ1n) is 4.38. The van der Waals surface area contributed by atoms with E-state index in [9.17, 15) is 8.78 Å². The fourth-order valence-electron chi connectivity index (χ4n) is 1.47. The van der Waals surface area contributed by atoms with Gasteiger partial charge in [0.25, 0.3) is 5.92 Å². The molecular formula is C8H13F2NO. The van der Waals surface area contributed by atoms with E-state index in [-0.39, 0.29) is 19.1 Å². The van der Waals surface area contributed by atoms with E-state index in [4.69, 9.17) is 4.74 Å². The van der Waals surface area contributed by atoms with Crippen LogP contribution in [0.1, 0.15) is 12.8 Å². The van der Waals surface area contributed by atoms with Gasteiger partial charge in [0.15, 0.2) is 0 Å². The fourth-order valence-corrected chi connectivity index (χ4v) is 1.47. The van der Waals surface area contributed by atoms with Gasteiger partial charge in [0.1, 0.15) is 0 Å². The third-order valence-corrected chi connectivity index (χ3v) is 2.50. The average Bonchev–Trinajstić information content (AvgIpc) is 2.54. The lowest BCUT2D eigenvalue weighted by Crippen LogP contribution is -2.18. The molecule has 12 heavy (non-hydrogen) atoms. The first-order chi connectivity index (χ1) is 5.68. The number of halogens is 2. The van der Waals surface area contributed by atoms with Crippen LogP contribution in [0.5, 0.6) is 0 Å². The summed E-state index contributed by atoms with van der Waals surface area (Å²) in [6, 6.07) is 0. The summed E-state index contributed by atoms with van der Waals surface area (Å²) in [7, 11) is 0. The van der Waals surface area contributed by atoms with Crippen molar-refractivity contribution in [1.29, 1.82) is 0 Å². The second-order valence-electron chi connectivity index (χ2n) is 3.61. The van der Waals surface area contributed by atoms with Gasteiger partial charge in [0.05, 0.1) is 18.6 Å². The predicted molar refractivity (Wildman–Crippen MR) is 40.3 cm³/mol. The zero-order valence-corrected chi connectivity index (χ0v) is 6.85. The van der Waals surface area contributed by atoms with E-state index >= 15 is 0 Å². The summed E-state index contributed by atoms with van der Waals surface area (Å²) in [6.45, 7) is 2.00. The van der Waals surface area contributed by atoms with Crippen molar-refractivity contribution in [2.24, 2.45) is 5.92 Å². The molecule has 0 aromatic carbocycles. The summed E-state index contributed by atoms with van der Waals surface area (Å²) in [5.41, 5.74) is 0. The monoisotopic (exact) mass is 177 g/mol. The summed E-state index contributed by atoms with van der Waals surface area (Å²) >= 11 is 0. The normalized spacial score (nSPS) is 38.5. The van der Waals surface area contributed by atoms with Crippen LogP contribution >= 0.6 is 0 Å². The Hall–Kier alpha value is -0.220. The minimum Gasteiger partial charge on any atom is -0.376 e. The van der Waals surface area contributed by atoms with Crippen LogP contribution < -0.4 is 5.32 Å². The van der Waals surface area contributed by atoms with Gasteiger partial charge in [-0.3, -0.25) is 0 Å². The molecule has 1 saturated carbocycles. The second-order valence-corrected chi connectivity index (χ2v) is 3.61. The molecule has 0 aromatic rings. The summed E-state index contributed by atoms with van der Waals surface area (Å²) in [5.74, 6) is -2.93. The van der Waals surface area contributed by atoms with Crippen LogP contribution in [-0.2, 0) is 4.74 Å². The maximum atomic E-state index is 12.4. The Bertz CT molecular complexity index is 164. The maximum absolute atomic E-state index is 12.4. The zero-order chi connectivity index (χ0) is 8.60. The van der Waals surface area contributed by atoms with E-state index in [1.54, 1.807) is 0 Å². The van der Waals surface area contributed by atoms with Crippen molar-refractivity contribution in [3.8, 4) is 0 Å². The topological polar surface area (TPSA) is 21.3 Å². The van der Waals surface area contributed by atoms with E-state index in [1.165, 1.54) is 0 Å². The molecule has 2 aliphatic rings. The van der Waals surface area contributed by atoms with Gasteiger partial charge in [-0.2, -0.15) is 0 Å². The fraction of sp³-hybridized carbons (Fsp3) is 1.00. The van der Waals surface area contributed by atoms with Gasteiger partial charge in [-0.15, -0.1) is 0 Å². The minimum absolute atomic E-state index is 0.0210. The van der Waals surface area contributed by atoms with Crippen LogP contribution in [0, 0.1) is 5.92 Å². The summed E-state index contributed by atoms with van der Waals surface area (Å²) < 4.78 is 30.1. The number of hydrogen-bond donors (Lipinski definition) is 1. The number of rotatable bonds is 3. The molecule has 2 unspecified atom stereocenters. The quantitative estimate of drug-likeness (QED) is 0.695. The van der Waals surface area contributed by atoms with Crippen molar-refractivity contribution >= 4 is 0 Å². The molecule has 1 N–H and O–H groups in total. The van der Waals surface area contributed by atoms with Gasteiger partial charge in [-0.05, 0) is 13.0 Å². The summed E-state index contributed by atoms with van der Waals surface area (Å²) in [5, 5.41) is 3.12. The van der Waals surface area contributed by atoms with E-state index < -0.39 is 11.8 Å². The highest BCUT2D eigenvalue weighted by molar-refractivity contribution is 4.95. The largest absolute Gasteiger partial charge is 0.376 e. The van der Waals surface area contributed by atoms with Crippen LogP contribution in [0.15, 0.2) is 0 Å². The van der Waals surface area contributed by atoms with Crippen molar-refractivity contribution in [3.63, 3.8) is 0 Å². The Balaban J connectivity index is 1.63. The van der Waals surface area contributed by atoms with Gasteiger partial charge in [-0.1, -0.05) is 0 Å². The van der Waals surface area contributed by atoms with Crippen LogP contribution in [0.3, 0.4) is 0 Å². The Morgan fingerprint density at radius 3 is 2.75 bits per heavy atom. The lowest BCUT2D eigenvalue weighted by molar-refractivity contribution is 0.0236. The molecule has 1 heterocycles. The molecule has 2 rings (SSSR count). The molecule has 2 fully saturated rings. The maximum Gasteiger partial charge on any atom is 0.253 e. The Morgan fingerprint density at radius 2 is 2.25 bits per heavy atom. The molecule has 4 heteroatoms. The van der Waals surface area contributed by atoms with Crippen LogP contribution in [0.4, 0.5) is 8.78 Å². The van der Waals surface area contributed by atoms with Crippen LogP contribution in [0.2, 0.25) is 0 Å². The van der Waals surface area contributed by atoms with Gasteiger partial charge in [0.2, 0.25) is 0 Å². The summed E-state index contributed by atoms with van der Waals surface area (Å²) in [4.78, 5) is 0. The van der Waals surface area contributed by atoms with Crippen molar-refractivity contribution in [2.45, 2.75) is 24.9 Å². The molecule has 0 radical (unpaired) electrons. The number of alkyl halides is 2. The third kappa shape index (κ3) is 1.75. The van der Waals surface area contributed by atoms with Gasteiger partial charge in [0, 0.05) is 13.0 Å². The van der Waals surface area contributed by atoms with Gasteiger partial charge in [-0.25, -0.2) is 8.78 Å². The highest BCUT2D eigenvalue weighted by atomic mass is 19.3. The van der Waals surface area contributed by atoms with E-state index in [0.717, 1.165) is 19.5 Å². The molecule has 0 bridgehead atoms. The van der Waals surface area contributed by atoms with Gasteiger partial charge >= 0.3 is 0 Å². The standard InChI is InChI=1S/C8H13F2NO/c9-8(10)3-6(8)5-12-7-1-2-11-4-7/h6-7,11H,1-5H2. The number of hydrogen-bond acceptors (Lipinski definition) is 2. The average molecular weight is 177 g/mol. The lowest BCUT2D eigenvalue weighted by Gasteiger charge is -2.09. The molecule has 0 amide bonds. The molecule has 1 aliphatic heterocycles. The molecule has 70 valence electrons. The Labute approximate surface area is 70.3 Å². The van der Waals surface area contributed by atoms with Gasteiger partial charge < -0.3 is 10.1 Å². The van der Waals surface area contributed by atoms with Crippen molar-refractivity contribution in [3.05, 3.63) is 0 Å². The highest BCUT2D eigenvalue weighted by Crippen LogP contribution is 2.48. The smallest absolute Gasteiger partial charge is 0.253 e. The molecule has 0 aromatic heterocycles. The third-order valence-electron chi connectivity index (χ3n) is 2.50. The minimum atomic E-state index is -2.42. The number of nitrogens with one attached hydrogen (secondary N) is 1. The number of ether oxygens (including phenoxy) is 1. The molecule has 2 atom stereocenters. The zero-order valence-electron chi connectivity index (χ0n) is 6.85. The van der Waals surface area contributed by atoms with Crippen molar-refractivity contribution in [1.82, 2.24) is 5.32 Å². The molecule has 1 aliphatic carbocycles. The van der Waals surface area contributed by atoms with E-state index in [2.05, 4.69) is 5.32 Å². The van der Waals surface area contributed by atoms with E-state index in [0.29, 0.717) is 0 Å². The van der Waals surface area contributed by atoms with Crippen LogP contribution in [0.25, 0.3) is 0 Å². The van der Waals surface area contributed by atoms with E-state index in [1.807, 2.05) is 0 Å². The van der Waals surface area contributed by atoms with Crippen LogP contribution in [-0.4, -0.2) is 31.7 Å². The summed E-state index contributed by atoms with van der Waals surface area (Å²) in [6.07, 6.45) is 1.15. The Kier molecular flexibility index (Phi) is 2.04. The van der Waals surface area contributed by atoms with Crippen molar-refractivity contribution < 1.29 is 13.5 Å². The first-order valence-corrected chi connectivity index (χ1v) is 4.38. The first kappa shape index (κ1) is 8.38. The molecule has 0 spiro atoms. The SMILES string of the molecule is FC1(F)CC1COC1CCNC1. The Morgan fingerprint density at radius 1 is 1.50 bits per heavy atom. The predicted octanol–water partition coefficient (Wildman–Crippen LogP) is 1.02. The molecule has 2 nitrogen and oxygen atoms in total. The lowest BCUT2D eigenvalue weighted by atomic mass is 10.3. The highest BCUT2D eigenvalue weighted by Gasteiger charge is 2.56. The molecular weight excluding hydrogens is 164 g/mol. The second kappa shape index (κ2) is 2.92. The van der Waals surface area contributed by atoms with Crippen molar-refractivity contribution in [2.75, 3.05) is 19.7 Å². The molecule has 1 saturated heterocycles.